The number of ether oxygens (including phenoxy) is 6. The fourth-order valence-corrected chi connectivity index (χ4v) is 4.04. The van der Waals surface area contributed by atoms with Crippen molar-refractivity contribution in [3.8, 4) is 34.5 Å². The second kappa shape index (κ2) is 10.5. The third-order valence-corrected chi connectivity index (χ3v) is 5.67. The van der Waals surface area contributed by atoms with Gasteiger partial charge in [-0.2, -0.15) is 0 Å². The number of rotatable bonds is 11. The van der Waals surface area contributed by atoms with Crippen molar-refractivity contribution in [2.24, 2.45) is 5.16 Å². The summed E-state index contributed by atoms with van der Waals surface area (Å²) in [7, 11) is 6.50. The van der Waals surface area contributed by atoms with Crippen molar-refractivity contribution in [1.82, 2.24) is 5.32 Å². The topological polar surface area (TPSA) is 89.0 Å². The second-order valence-corrected chi connectivity index (χ2v) is 7.75. The van der Waals surface area contributed by atoms with Gasteiger partial charge in [0.1, 0.15) is 6.10 Å². The molecule has 1 atom stereocenters. The van der Waals surface area contributed by atoms with E-state index >= 15 is 0 Å². The van der Waals surface area contributed by atoms with E-state index in [9.17, 15) is 0 Å². The Labute approximate surface area is 193 Å². The van der Waals surface area contributed by atoms with E-state index in [0.717, 1.165) is 42.2 Å². The second-order valence-electron chi connectivity index (χ2n) is 7.75. The minimum absolute atomic E-state index is 0.0772. The van der Waals surface area contributed by atoms with E-state index in [-0.39, 0.29) is 12.9 Å². The Morgan fingerprint density at radius 3 is 2.48 bits per heavy atom. The van der Waals surface area contributed by atoms with Crippen LogP contribution in [0.15, 0.2) is 29.4 Å². The normalized spacial score (nSPS) is 16.2. The summed E-state index contributed by atoms with van der Waals surface area (Å²) in [4.78, 5) is 5.68. The molecule has 4 rings (SSSR count). The quantitative estimate of drug-likeness (QED) is 0.514. The number of hydrogen-bond donors (Lipinski definition) is 1. The van der Waals surface area contributed by atoms with Gasteiger partial charge in [-0.3, -0.25) is 0 Å². The average molecular weight is 459 g/mol. The van der Waals surface area contributed by atoms with Crippen LogP contribution in [0.5, 0.6) is 34.5 Å². The fourth-order valence-electron chi connectivity index (χ4n) is 4.04. The highest BCUT2D eigenvalue weighted by atomic mass is 16.7. The summed E-state index contributed by atoms with van der Waals surface area (Å²) in [5.41, 5.74) is 3.09. The Morgan fingerprint density at radius 1 is 0.939 bits per heavy atom. The highest BCUT2D eigenvalue weighted by Gasteiger charge is 2.30. The third-order valence-electron chi connectivity index (χ3n) is 5.67. The first-order chi connectivity index (χ1) is 16.2. The van der Waals surface area contributed by atoms with E-state index in [0.29, 0.717) is 36.0 Å². The van der Waals surface area contributed by atoms with Gasteiger partial charge in [-0.15, -0.1) is 0 Å². The summed E-state index contributed by atoms with van der Waals surface area (Å²) in [5, 5.41) is 7.71. The van der Waals surface area contributed by atoms with Crippen molar-refractivity contribution >= 4 is 5.71 Å². The molecular formula is C24H30N2O7. The summed E-state index contributed by atoms with van der Waals surface area (Å²) in [6, 6.07) is 7.88. The molecule has 178 valence electrons. The first-order valence-corrected chi connectivity index (χ1v) is 10.8. The predicted molar refractivity (Wildman–Crippen MR) is 122 cm³/mol. The molecule has 0 amide bonds. The molecule has 0 saturated heterocycles. The average Bonchev–Trinajstić information content (AvgIpc) is 3.51. The van der Waals surface area contributed by atoms with Crippen LogP contribution in [-0.4, -0.2) is 60.1 Å². The van der Waals surface area contributed by atoms with E-state index in [1.807, 2.05) is 24.3 Å². The lowest BCUT2D eigenvalue weighted by Crippen LogP contribution is -2.25. The smallest absolute Gasteiger partial charge is 0.231 e. The number of benzene rings is 2. The van der Waals surface area contributed by atoms with Crippen LogP contribution in [0.1, 0.15) is 17.5 Å². The van der Waals surface area contributed by atoms with E-state index in [1.54, 1.807) is 28.4 Å². The van der Waals surface area contributed by atoms with Gasteiger partial charge in [0, 0.05) is 24.9 Å². The van der Waals surface area contributed by atoms with Crippen molar-refractivity contribution in [2.75, 3.05) is 48.3 Å². The number of nitrogens with one attached hydrogen (secondary N) is 1. The van der Waals surface area contributed by atoms with Crippen molar-refractivity contribution in [3.05, 3.63) is 35.4 Å². The summed E-state index contributed by atoms with van der Waals surface area (Å²) < 4.78 is 32.8. The lowest BCUT2D eigenvalue weighted by molar-refractivity contribution is 0.0853. The molecule has 33 heavy (non-hydrogen) atoms. The molecule has 0 spiro atoms. The Hall–Kier alpha value is -3.33. The lowest BCUT2D eigenvalue weighted by Gasteiger charge is -2.15. The molecular weight excluding hydrogens is 428 g/mol. The molecule has 0 fully saturated rings. The van der Waals surface area contributed by atoms with Gasteiger partial charge in [-0.25, -0.2) is 0 Å². The molecule has 2 aliphatic rings. The SMILES string of the molecule is COc1ccc(CCNCC2=NO[C@@H](Cc3cc(OC)c4c(c3OC)OCO4)C2)cc1OC. The van der Waals surface area contributed by atoms with E-state index in [4.69, 9.17) is 33.3 Å². The number of hydrogen-bond acceptors (Lipinski definition) is 9. The van der Waals surface area contributed by atoms with E-state index in [2.05, 4.69) is 10.5 Å². The maximum Gasteiger partial charge on any atom is 0.231 e. The highest BCUT2D eigenvalue weighted by molar-refractivity contribution is 5.87. The summed E-state index contributed by atoms with van der Waals surface area (Å²) in [6.07, 6.45) is 2.15. The number of fused-ring (bicyclic) bond motifs is 1. The van der Waals surface area contributed by atoms with Crippen LogP contribution in [0.2, 0.25) is 0 Å². The highest BCUT2D eigenvalue weighted by Crippen LogP contribution is 2.50. The Balaban J connectivity index is 1.27. The molecule has 0 aliphatic carbocycles. The minimum atomic E-state index is -0.0772. The minimum Gasteiger partial charge on any atom is -0.493 e. The fraction of sp³-hybridized carbons (Fsp3) is 0.458. The molecule has 9 nitrogen and oxygen atoms in total. The zero-order valence-corrected chi connectivity index (χ0v) is 19.4. The van der Waals surface area contributed by atoms with Gasteiger partial charge in [0.15, 0.2) is 23.0 Å². The number of methoxy groups -OCH3 is 4. The van der Waals surface area contributed by atoms with Crippen LogP contribution in [-0.2, 0) is 17.7 Å². The van der Waals surface area contributed by atoms with Crippen molar-refractivity contribution < 1.29 is 33.3 Å². The third kappa shape index (κ3) is 5.03. The first kappa shape index (κ1) is 22.8. The molecule has 2 aromatic rings. The summed E-state index contributed by atoms with van der Waals surface area (Å²) in [6.45, 7) is 1.63. The molecule has 0 bridgehead atoms. The van der Waals surface area contributed by atoms with E-state index in [1.165, 1.54) is 5.56 Å². The molecule has 2 heterocycles. The van der Waals surface area contributed by atoms with Crippen LogP contribution in [0.4, 0.5) is 0 Å². The standard InChI is InChI=1S/C24H30N2O7/c1-27-19-6-5-15(9-20(19)28-2)7-8-25-13-17-12-18(33-26-17)10-16-11-21(29-3)23-24(22(16)30-4)32-14-31-23/h5-6,9,11,18,25H,7-8,10,12-14H2,1-4H3/t18-/m0/s1. The van der Waals surface area contributed by atoms with Gasteiger partial charge >= 0.3 is 0 Å². The Kier molecular flexibility index (Phi) is 7.29. The molecule has 1 N–H and O–H groups in total. The van der Waals surface area contributed by atoms with Crippen LogP contribution in [0.25, 0.3) is 0 Å². The molecule has 0 radical (unpaired) electrons. The number of nitrogens with zero attached hydrogens (tertiary/aromatic N) is 1. The van der Waals surface area contributed by atoms with Gasteiger partial charge in [-0.1, -0.05) is 11.2 Å². The molecule has 0 saturated carbocycles. The number of oxime groups is 1. The maximum atomic E-state index is 5.68. The van der Waals surface area contributed by atoms with Gasteiger partial charge in [0.05, 0.1) is 34.2 Å². The largest absolute Gasteiger partial charge is 0.493 e. The van der Waals surface area contributed by atoms with Gasteiger partial charge in [0.25, 0.3) is 0 Å². The van der Waals surface area contributed by atoms with E-state index < -0.39 is 0 Å². The van der Waals surface area contributed by atoms with Crippen LogP contribution in [0.3, 0.4) is 0 Å². The van der Waals surface area contributed by atoms with Gasteiger partial charge < -0.3 is 38.6 Å². The van der Waals surface area contributed by atoms with Crippen molar-refractivity contribution in [1.29, 1.82) is 0 Å². The summed E-state index contributed by atoms with van der Waals surface area (Å²) >= 11 is 0. The summed E-state index contributed by atoms with van der Waals surface area (Å²) in [5.74, 6) is 3.88. The molecule has 0 unspecified atom stereocenters. The Morgan fingerprint density at radius 2 is 1.73 bits per heavy atom. The zero-order chi connectivity index (χ0) is 23.2. The predicted octanol–water partition coefficient (Wildman–Crippen LogP) is 2.97. The van der Waals surface area contributed by atoms with Crippen LogP contribution < -0.4 is 33.7 Å². The van der Waals surface area contributed by atoms with Crippen LogP contribution >= 0.6 is 0 Å². The van der Waals surface area contributed by atoms with Crippen molar-refractivity contribution in [2.45, 2.75) is 25.4 Å². The lowest BCUT2D eigenvalue weighted by atomic mass is 10.0. The van der Waals surface area contributed by atoms with Crippen LogP contribution in [0, 0.1) is 0 Å². The van der Waals surface area contributed by atoms with Gasteiger partial charge in [0.2, 0.25) is 18.3 Å². The van der Waals surface area contributed by atoms with Crippen molar-refractivity contribution in [3.63, 3.8) is 0 Å². The first-order valence-electron chi connectivity index (χ1n) is 10.8. The molecule has 2 aromatic carbocycles. The molecule has 0 aromatic heterocycles. The monoisotopic (exact) mass is 458 g/mol. The molecule has 9 heteroatoms. The molecule has 2 aliphatic heterocycles. The van der Waals surface area contributed by atoms with Gasteiger partial charge in [-0.05, 0) is 36.7 Å². The maximum absolute atomic E-state index is 5.68. The zero-order valence-electron chi connectivity index (χ0n) is 19.4. The Bertz CT molecular complexity index is 1010.